The highest BCUT2D eigenvalue weighted by Crippen LogP contribution is 2.32. The van der Waals surface area contributed by atoms with Crippen LogP contribution in [0.25, 0.3) is 10.9 Å². The van der Waals surface area contributed by atoms with Crippen LogP contribution in [0.15, 0.2) is 24.3 Å². The third-order valence-electron chi connectivity index (χ3n) is 6.23. The van der Waals surface area contributed by atoms with Crippen LogP contribution >= 0.6 is 0 Å². The molecule has 0 bridgehead atoms. The van der Waals surface area contributed by atoms with Gasteiger partial charge in [0.15, 0.2) is 0 Å². The third kappa shape index (κ3) is 3.45. The Morgan fingerprint density at radius 2 is 2.00 bits per heavy atom. The van der Waals surface area contributed by atoms with Crippen molar-refractivity contribution < 1.29 is 9.90 Å². The highest BCUT2D eigenvalue weighted by atomic mass is 16.3. The monoisotopic (exact) mass is 354 g/mol. The van der Waals surface area contributed by atoms with E-state index in [-0.39, 0.29) is 11.7 Å². The fourth-order valence-electron chi connectivity index (χ4n) is 4.92. The molecule has 140 valence electrons. The highest BCUT2D eigenvalue weighted by molar-refractivity contribution is 5.85. The number of likely N-dealkylation sites (tertiary alicyclic amines) is 1. The number of Topliss-reactive ketones (excluding diaryl/α,β-unsaturated/α-hetero) is 1. The Kier molecular flexibility index (Phi) is 5.14. The first-order chi connectivity index (χ1) is 12.6. The van der Waals surface area contributed by atoms with E-state index in [0.29, 0.717) is 13.1 Å². The molecule has 4 rings (SSSR count). The molecule has 4 nitrogen and oxygen atoms in total. The summed E-state index contributed by atoms with van der Waals surface area (Å²) in [6.45, 7) is 4.80. The molecule has 26 heavy (non-hydrogen) atoms. The maximum Gasteiger partial charge on any atom is 0.134 e. The number of ketones is 1. The second-order valence-electron chi connectivity index (χ2n) is 8.12. The Balaban J connectivity index is 1.51. The summed E-state index contributed by atoms with van der Waals surface area (Å²) in [6, 6.07) is 8.63. The number of aliphatic hydroxyl groups excluding tert-OH is 1. The van der Waals surface area contributed by atoms with Crippen molar-refractivity contribution in [2.45, 2.75) is 58.1 Å². The van der Waals surface area contributed by atoms with Gasteiger partial charge in [0, 0.05) is 35.6 Å². The summed E-state index contributed by atoms with van der Waals surface area (Å²) < 4.78 is 2.36. The molecule has 2 aliphatic rings. The number of piperidine rings is 1. The van der Waals surface area contributed by atoms with Crippen LogP contribution in [0.2, 0.25) is 0 Å². The predicted octanol–water partition coefficient (Wildman–Crippen LogP) is 3.18. The minimum absolute atomic E-state index is 0.149. The van der Waals surface area contributed by atoms with Gasteiger partial charge in [-0.15, -0.1) is 0 Å². The second kappa shape index (κ2) is 7.53. The number of nitrogens with zero attached hydrogens (tertiary/aromatic N) is 2. The number of rotatable bonds is 5. The average molecular weight is 354 g/mol. The number of aryl methyl sites for hydroxylation is 1. The topological polar surface area (TPSA) is 45.5 Å². The van der Waals surface area contributed by atoms with Gasteiger partial charge in [0.05, 0.1) is 12.6 Å². The zero-order valence-electron chi connectivity index (χ0n) is 15.8. The highest BCUT2D eigenvalue weighted by Gasteiger charge is 2.26. The molecule has 1 aliphatic heterocycles. The minimum Gasteiger partial charge on any atom is -0.390 e. The number of β-amino-alcohol motifs (C(OH)–C–C–N with tert-alkyl or cyclic N) is 1. The van der Waals surface area contributed by atoms with Crippen molar-refractivity contribution in [3.8, 4) is 0 Å². The molecule has 0 amide bonds. The Labute approximate surface area is 155 Å². The van der Waals surface area contributed by atoms with Crippen LogP contribution in [0.4, 0.5) is 0 Å². The van der Waals surface area contributed by atoms with Crippen molar-refractivity contribution >= 4 is 16.7 Å². The molecule has 1 aromatic heterocycles. The average Bonchev–Trinajstić information content (AvgIpc) is 2.96. The lowest BCUT2D eigenvalue weighted by molar-refractivity contribution is -0.122. The van der Waals surface area contributed by atoms with Crippen LogP contribution in [-0.4, -0.2) is 46.1 Å². The molecule has 2 atom stereocenters. The number of para-hydroxylation sites is 1. The number of hydrogen-bond donors (Lipinski definition) is 1. The van der Waals surface area contributed by atoms with Crippen LogP contribution in [0.3, 0.4) is 0 Å². The number of carbonyl (C=O) groups is 1. The van der Waals surface area contributed by atoms with Crippen LogP contribution in [0.1, 0.15) is 43.9 Å². The fourth-order valence-corrected chi connectivity index (χ4v) is 4.92. The molecular weight excluding hydrogens is 324 g/mol. The molecule has 1 N–H and O–H groups in total. The summed E-state index contributed by atoms with van der Waals surface area (Å²) in [5.74, 6) is 0.436. The summed E-state index contributed by atoms with van der Waals surface area (Å²) in [5, 5.41) is 12.2. The molecule has 1 saturated heterocycles. The summed E-state index contributed by atoms with van der Waals surface area (Å²) in [4.78, 5) is 14.0. The number of hydrogen-bond acceptors (Lipinski definition) is 3. The smallest absolute Gasteiger partial charge is 0.134 e. The fraction of sp³-hybridized carbons (Fsp3) is 0.591. The molecule has 2 aromatic rings. The SMILES string of the molecule is CC(=O)C1CCCN(CC(O)Cn2c3c(c4ccccc42)CCCC3)C1. The number of carbonyl (C=O) groups excluding carboxylic acids is 1. The van der Waals surface area contributed by atoms with Gasteiger partial charge in [0.1, 0.15) is 5.78 Å². The second-order valence-corrected chi connectivity index (χ2v) is 8.12. The van der Waals surface area contributed by atoms with Gasteiger partial charge >= 0.3 is 0 Å². The summed E-state index contributed by atoms with van der Waals surface area (Å²) in [6.07, 6.45) is 6.44. The molecule has 2 heterocycles. The lowest BCUT2D eigenvalue weighted by atomic mass is 9.94. The van der Waals surface area contributed by atoms with Crippen LogP contribution in [0, 0.1) is 5.92 Å². The number of aliphatic hydroxyl groups is 1. The Hall–Kier alpha value is -1.65. The maximum atomic E-state index is 11.7. The first kappa shape index (κ1) is 17.7. The van der Waals surface area contributed by atoms with E-state index in [1.165, 1.54) is 35.0 Å². The minimum atomic E-state index is -0.400. The number of benzene rings is 1. The zero-order valence-corrected chi connectivity index (χ0v) is 15.8. The van der Waals surface area contributed by atoms with Gasteiger partial charge in [-0.25, -0.2) is 0 Å². The normalized spacial score (nSPS) is 22.3. The summed E-state index contributed by atoms with van der Waals surface area (Å²) in [7, 11) is 0. The molecule has 1 aliphatic carbocycles. The van der Waals surface area contributed by atoms with E-state index in [4.69, 9.17) is 0 Å². The molecule has 4 heteroatoms. The van der Waals surface area contributed by atoms with Gasteiger partial charge in [-0.2, -0.15) is 0 Å². The van der Waals surface area contributed by atoms with E-state index in [0.717, 1.165) is 38.8 Å². The van der Waals surface area contributed by atoms with Crippen molar-refractivity contribution in [1.29, 1.82) is 0 Å². The quantitative estimate of drug-likeness (QED) is 0.897. The van der Waals surface area contributed by atoms with Crippen molar-refractivity contribution in [3.05, 3.63) is 35.5 Å². The Bertz CT molecular complexity index is 795. The van der Waals surface area contributed by atoms with Gasteiger partial charge in [0.2, 0.25) is 0 Å². The van der Waals surface area contributed by atoms with Gasteiger partial charge in [-0.1, -0.05) is 18.2 Å². The predicted molar refractivity (Wildman–Crippen MR) is 104 cm³/mol. The van der Waals surface area contributed by atoms with Crippen molar-refractivity contribution in [3.63, 3.8) is 0 Å². The van der Waals surface area contributed by atoms with E-state index in [9.17, 15) is 9.90 Å². The van der Waals surface area contributed by atoms with Crippen LogP contribution in [0.5, 0.6) is 0 Å². The molecule has 1 fully saturated rings. The van der Waals surface area contributed by atoms with Gasteiger partial charge in [-0.05, 0) is 63.6 Å². The van der Waals surface area contributed by atoms with Gasteiger partial charge < -0.3 is 9.67 Å². The first-order valence-electron chi connectivity index (χ1n) is 10.1. The van der Waals surface area contributed by atoms with Crippen molar-refractivity contribution in [2.75, 3.05) is 19.6 Å². The molecule has 2 unspecified atom stereocenters. The summed E-state index contributed by atoms with van der Waals surface area (Å²) in [5.41, 5.74) is 4.18. The molecule has 0 spiro atoms. The van der Waals surface area contributed by atoms with E-state index >= 15 is 0 Å². The maximum absolute atomic E-state index is 11.7. The molecule has 1 aromatic carbocycles. The van der Waals surface area contributed by atoms with Gasteiger partial charge in [0.25, 0.3) is 0 Å². The van der Waals surface area contributed by atoms with E-state index in [2.05, 4.69) is 33.7 Å². The number of aromatic nitrogens is 1. The van der Waals surface area contributed by atoms with Crippen LogP contribution < -0.4 is 0 Å². The van der Waals surface area contributed by atoms with E-state index in [1.54, 1.807) is 6.92 Å². The lowest BCUT2D eigenvalue weighted by Crippen LogP contribution is -2.43. The third-order valence-corrected chi connectivity index (χ3v) is 6.23. The summed E-state index contributed by atoms with van der Waals surface area (Å²) >= 11 is 0. The Morgan fingerprint density at radius 1 is 1.19 bits per heavy atom. The van der Waals surface area contributed by atoms with Crippen molar-refractivity contribution in [1.82, 2.24) is 9.47 Å². The largest absolute Gasteiger partial charge is 0.390 e. The van der Waals surface area contributed by atoms with Crippen molar-refractivity contribution in [2.24, 2.45) is 5.92 Å². The standard InChI is InChI=1S/C22H30N2O2/c1-16(25)17-7-6-12-23(13-17)14-18(26)15-24-21-10-4-2-8-19(21)20-9-3-5-11-22(20)24/h2,4,8,10,17-18,26H,3,5-7,9,11-15H2,1H3. The van der Waals surface area contributed by atoms with Crippen LogP contribution in [-0.2, 0) is 24.2 Å². The Morgan fingerprint density at radius 3 is 2.85 bits per heavy atom. The van der Waals surface area contributed by atoms with Gasteiger partial charge in [-0.3, -0.25) is 9.69 Å². The van der Waals surface area contributed by atoms with E-state index < -0.39 is 6.10 Å². The molecular formula is C22H30N2O2. The van der Waals surface area contributed by atoms with E-state index in [1.807, 2.05) is 0 Å². The first-order valence-corrected chi connectivity index (χ1v) is 10.1. The molecule has 0 radical (unpaired) electrons. The number of fused-ring (bicyclic) bond motifs is 3. The lowest BCUT2D eigenvalue weighted by Gasteiger charge is -2.33. The molecule has 0 saturated carbocycles. The zero-order chi connectivity index (χ0) is 18.1.